The van der Waals surface area contributed by atoms with E-state index in [2.05, 4.69) is 91.6 Å². The second kappa shape index (κ2) is 28.6. The topological polar surface area (TPSA) is 72.5 Å². The van der Waals surface area contributed by atoms with Crippen molar-refractivity contribution in [2.24, 2.45) is 4.99 Å². The Labute approximate surface area is 303 Å². The van der Waals surface area contributed by atoms with Gasteiger partial charge in [0.15, 0.2) is 0 Å². The fraction of sp³-hybridized carbons (Fsp3) is 0.435. The minimum Gasteiger partial charge on any atom is -0.398 e. The van der Waals surface area contributed by atoms with E-state index >= 15 is 0 Å². The number of nitrogens with two attached hydrogens (primary N) is 1. The van der Waals surface area contributed by atoms with Crippen LogP contribution in [0, 0.1) is 0 Å². The van der Waals surface area contributed by atoms with E-state index in [4.69, 9.17) is 5.73 Å². The van der Waals surface area contributed by atoms with E-state index in [9.17, 15) is 9.59 Å². The van der Waals surface area contributed by atoms with Gasteiger partial charge in [-0.25, -0.2) is 9.79 Å². The van der Waals surface area contributed by atoms with Crippen LogP contribution in [0.5, 0.6) is 0 Å². The van der Waals surface area contributed by atoms with Crippen molar-refractivity contribution in [3.05, 3.63) is 137 Å². The van der Waals surface area contributed by atoms with Gasteiger partial charge in [0.1, 0.15) is 5.78 Å². The third-order valence-electron chi connectivity index (χ3n) is 8.78. The zero-order valence-electron chi connectivity index (χ0n) is 31.0. The number of hydrogen-bond acceptors (Lipinski definition) is 4. The van der Waals surface area contributed by atoms with Crippen molar-refractivity contribution in [1.29, 1.82) is 0 Å². The zero-order valence-corrected chi connectivity index (χ0v) is 31.0. The van der Waals surface area contributed by atoms with Gasteiger partial charge in [-0.2, -0.15) is 0 Å². The molecule has 0 unspecified atom stereocenters. The summed E-state index contributed by atoms with van der Waals surface area (Å²) < 4.78 is 0. The average molecular weight is 675 g/mol. The van der Waals surface area contributed by atoms with Crippen molar-refractivity contribution in [2.75, 3.05) is 12.3 Å². The third-order valence-corrected chi connectivity index (χ3v) is 8.78. The quantitative estimate of drug-likeness (QED) is 0.0414. The number of nitrogen functional groups attached to an aromatic ring is 1. The van der Waals surface area contributed by atoms with E-state index in [0.29, 0.717) is 18.7 Å². The molecule has 0 saturated heterocycles. The third kappa shape index (κ3) is 20.3. The number of nitrogens with zero attached hydrogens (tertiary/aromatic N) is 1. The minimum absolute atomic E-state index is 0.383. The highest BCUT2D eigenvalue weighted by atomic mass is 16.1. The molecular formula is C46H62N2O2. The molecule has 2 N–H and O–H groups in total. The number of isocyanates is 1. The van der Waals surface area contributed by atoms with Crippen LogP contribution in [0.4, 0.5) is 5.69 Å². The predicted molar refractivity (Wildman–Crippen MR) is 213 cm³/mol. The molecule has 0 heterocycles. The zero-order chi connectivity index (χ0) is 35.9. The smallest absolute Gasteiger partial charge is 0.234 e. The lowest BCUT2D eigenvalue weighted by molar-refractivity contribution is -0.118. The van der Waals surface area contributed by atoms with Crippen molar-refractivity contribution in [1.82, 2.24) is 0 Å². The molecule has 0 radical (unpaired) electrons. The molecule has 0 fully saturated rings. The van der Waals surface area contributed by atoms with Gasteiger partial charge in [0.05, 0.1) is 6.54 Å². The number of rotatable bonds is 21. The van der Waals surface area contributed by atoms with Gasteiger partial charge < -0.3 is 5.73 Å². The van der Waals surface area contributed by atoms with Crippen LogP contribution in [0.25, 0.3) is 0 Å². The normalized spacial score (nSPS) is 10.2. The molecule has 0 aliphatic carbocycles. The highest BCUT2D eigenvalue weighted by Gasteiger charge is 2.08. The van der Waals surface area contributed by atoms with Gasteiger partial charge in [-0.05, 0) is 59.6 Å². The Balaban J connectivity index is 0.000000291. The van der Waals surface area contributed by atoms with E-state index in [1.807, 2.05) is 36.4 Å². The summed E-state index contributed by atoms with van der Waals surface area (Å²) in [6, 6.07) is 37.2. The first kappa shape index (κ1) is 41.9. The van der Waals surface area contributed by atoms with Crippen molar-refractivity contribution in [3.63, 3.8) is 0 Å². The first-order valence-electron chi connectivity index (χ1n) is 19.1. The second-order valence-corrected chi connectivity index (χ2v) is 13.1. The van der Waals surface area contributed by atoms with Crippen LogP contribution in [0.3, 0.4) is 0 Å². The Morgan fingerprint density at radius 2 is 0.980 bits per heavy atom. The average Bonchev–Trinajstić information content (AvgIpc) is 3.14. The van der Waals surface area contributed by atoms with E-state index < -0.39 is 0 Å². The van der Waals surface area contributed by atoms with E-state index in [1.165, 1.54) is 98.4 Å². The second-order valence-electron chi connectivity index (χ2n) is 13.1. The summed E-state index contributed by atoms with van der Waals surface area (Å²) in [5.74, 6) is 0.383. The Morgan fingerprint density at radius 3 is 1.52 bits per heavy atom. The van der Waals surface area contributed by atoms with Crippen LogP contribution in [-0.2, 0) is 28.9 Å². The van der Waals surface area contributed by atoms with Crippen molar-refractivity contribution in [3.8, 4) is 0 Å². The number of anilines is 1. The molecule has 4 rings (SSSR count). The number of benzene rings is 4. The molecule has 0 spiro atoms. The molecule has 0 aromatic heterocycles. The summed E-state index contributed by atoms with van der Waals surface area (Å²) in [4.78, 5) is 25.5. The molecule has 4 aromatic carbocycles. The molecule has 0 atom stereocenters. The first-order valence-corrected chi connectivity index (χ1v) is 19.1. The molecule has 268 valence electrons. The molecule has 0 saturated carbocycles. The van der Waals surface area contributed by atoms with E-state index in [-0.39, 0.29) is 0 Å². The van der Waals surface area contributed by atoms with Crippen LogP contribution in [-0.4, -0.2) is 18.4 Å². The predicted octanol–water partition coefficient (Wildman–Crippen LogP) is 12.1. The Kier molecular flexibility index (Phi) is 23.9. The summed E-state index contributed by atoms with van der Waals surface area (Å²) in [6.07, 6.45) is 20.9. The number of Topliss-reactive ketones (excluding diaryl/α,β-unsaturated/α-hetero) is 1. The Bertz CT molecular complexity index is 1460. The molecule has 0 aliphatic heterocycles. The fourth-order valence-electron chi connectivity index (χ4n) is 5.83. The molecule has 0 bridgehead atoms. The summed E-state index contributed by atoms with van der Waals surface area (Å²) in [5, 5.41) is 0. The van der Waals surface area contributed by atoms with Crippen LogP contribution < -0.4 is 5.73 Å². The molecule has 4 nitrogen and oxygen atoms in total. The van der Waals surface area contributed by atoms with Gasteiger partial charge in [0.2, 0.25) is 6.08 Å². The number of unbranched alkanes of at least 4 members (excludes halogenated alkanes) is 11. The summed E-state index contributed by atoms with van der Waals surface area (Å²) in [5.41, 5.74) is 13.0. The number of ketones is 1. The maximum Gasteiger partial charge on any atom is 0.234 e. The maximum absolute atomic E-state index is 12.4. The number of carbonyl (C=O) groups excluding carboxylic acids is 2. The van der Waals surface area contributed by atoms with Gasteiger partial charge >= 0.3 is 0 Å². The number of para-hydroxylation sites is 1. The van der Waals surface area contributed by atoms with Gasteiger partial charge in [-0.1, -0.05) is 188 Å². The lowest BCUT2D eigenvalue weighted by atomic mass is 9.95. The van der Waals surface area contributed by atoms with Crippen LogP contribution in [0.1, 0.15) is 132 Å². The van der Waals surface area contributed by atoms with Gasteiger partial charge in [-0.3, -0.25) is 4.79 Å². The number of aliphatic imine (C=N–C) groups is 1. The molecule has 4 aromatic rings. The van der Waals surface area contributed by atoms with Crippen molar-refractivity contribution < 1.29 is 9.59 Å². The first-order chi connectivity index (χ1) is 24.6. The molecule has 0 aliphatic rings. The largest absolute Gasteiger partial charge is 0.398 e. The lowest BCUT2D eigenvalue weighted by Gasteiger charge is -2.09. The number of hydrogen-bond donors (Lipinski definition) is 1. The van der Waals surface area contributed by atoms with Crippen LogP contribution in [0.2, 0.25) is 0 Å². The Morgan fingerprint density at radius 1 is 0.540 bits per heavy atom. The van der Waals surface area contributed by atoms with Gasteiger partial charge in [-0.15, -0.1) is 0 Å². The fourth-order valence-corrected chi connectivity index (χ4v) is 5.83. The molecule has 0 amide bonds. The lowest BCUT2D eigenvalue weighted by Crippen LogP contribution is -2.05. The van der Waals surface area contributed by atoms with Crippen molar-refractivity contribution >= 4 is 17.6 Å². The minimum atomic E-state index is 0.383. The molecular weight excluding hydrogens is 613 g/mol. The highest BCUT2D eigenvalue weighted by Crippen LogP contribution is 2.18. The molecule has 50 heavy (non-hydrogen) atoms. The van der Waals surface area contributed by atoms with Crippen molar-refractivity contribution in [2.45, 2.75) is 123 Å². The van der Waals surface area contributed by atoms with E-state index in [0.717, 1.165) is 37.8 Å². The summed E-state index contributed by atoms with van der Waals surface area (Å²) >= 11 is 0. The summed E-state index contributed by atoms with van der Waals surface area (Å²) in [7, 11) is 0. The maximum atomic E-state index is 12.4. The standard InChI is InChI=1S/C24H32O.C13H13N.C9H17NO/c1-2-3-4-5-6-7-11-18-24(25)20-23-17-13-12-16-22(23)19-21-14-9-8-10-15-21;14-13-9-5-4-8-12(13)10-11-6-2-1-3-7-11;1-2-3-4-5-6-7-8-10-9-11/h8-10,12-17H,2-7,11,18-20H2,1H3;1-9H,10,14H2;2-8H2,1H3. The van der Waals surface area contributed by atoms with Gasteiger partial charge in [0, 0.05) is 18.5 Å². The van der Waals surface area contributed by atoms with Gasteiger partial charge in [0.25, 0.3) is 0 Å². The molecule has 4 heteroatoms. The van der Waals surface area contributed by atoms with Crippen LogP contribution >= 0.6 is 0 Å². The SMILES string of the molecule is CCCCCCCCCC(=O)Cc1ccccc1Cc1ccccc1.CCCCCCCCN=C=O.Nc1ccccc1Cc1ccccc1. The Hall–Kier alpha value is -4.27. The monoisotopic (exact) mass is 674 g/mol. The summed E-state index contributed by atoms with van der Waals surface area (Å²) in [6.45, 7) is 5.11. The highest BCUT2D eigenvalue weighted by molar-refractivity contribution is 5.81. The number of carbonyl (C=O) groups is 1. The van der Waals surface area contributed by atoms with Crippen LogP contribution in [0.15, 0.2) is 114 Å². The van der Waals surface area contributed by atoms with E-state index in [1.54, 1.807) is 6.08 Å².